The van der Waals surface area contributed by atoms with Crippen LogP contribution in [0.4, 0.5) is 8.78 Å². The van der Waals surface area contributed by atoms with Crippen molar-refractivity contribution in [3.63, 3.8) is 0 Å². The van der Waals surface area contributed by atoms with E-state index >= 15 is 0 Å². The summed E-state index contributed by atoms with van der Waals surface area (Å²) in [5.41, 5.74) is 0. The van der Waals surface area contributed by atoms with Crippen LogP contribution >= 0.6 is 0 Å². The van der Waals surface area contributed by atoms with Crippen LogP contribution in [0.3, 0.4) is 0 Å². The Morgan fingerprint density at radius 2 is 1.60 bits per heavy atom. The average molecular weight is 218 g/mol. The van der Waals surface area contributed by atoms with Gasteiger partial charge in [0.25, 0.3) is 0 Å². The average Bonchev–Trinajstić information content (AvgIpc) is 2.07. The Balaban J connectivity index is 2.02. The van der Waals surface area contributed by atoms with E-state index in [-0.39, 0.29) is 12.8 Å². The van der Waals surface area contributed by atoms with Crippen LogP contribution in [0.2, 0.25) is 0 Å². The van der Waals surface area contributed by atoms with E-state index in [0.29, 0.717) is 11.8 Å². The minimum absolute atomic E-state index is 0.137. The molecule has 0 bridgehead atoms. The lowest BCUT2D eigenvalue weighted by Gasteiger charge is -2.38. The molecule has 1 saturated carbocycles. The van der Waals surface area contributed by atoms with Crippen LogP contribution in [0.15, 0.2) is 0 Å². The molecule has 0 amide bonds. The minimum Gasteiger partial charge on any atom is -0.207 e. The summed E-state index contributed by atoms with van der Waals surface area (Å²) in [5.74, 6) is -0.777. The van der Waals surface area contributed by atoms with E-state index in [0.717, 1.165) is 12.3 Å². The van der Waals surface area contributed by atoms with Crippen molar-refractivity contribution in [3.05, 3.63) is 0 Å². The molecule has 0 N–H and O–H groups in total. The highest BCUT2D eigenvalue weighted by molar-refractivity contribution is 4.88. The molecular formula is C13H24F2. The normalized spacial score (nSPS) is 22.8. The molecule has 1 aliphatic carbocycles. The third-order valence-corrected chi connectivity index (χ3v) is 3.62. The first-order valence-electron chi connectivity index (χ1n) is 6.28. The molecule has 0 radical (unpaired) electrons. The summed E-state index contributed by atoms with van der Waals surface area (Å²) in [4.78, 5) is 0. The minimum atomic E-state index is -2.34. The number of hydrogen-bond acceptors (Lipinski definition) is 0. The zero-order chi connectivity index (χ0) is 11.5. The number of alkyl halides is 2. The van der Waals surface area contributed by atoms with Crippen LogP contribution in [0.5, 0.6) is 0 Å². The molecule has 1 atom stereocenters. The molecule has 1 rings (SSSR count). The van der Waals surface area contributed by atoms with Gasteiger partial charge in [-0.1, -0.05) is 46.5 Å². The van der Waals surface area contributed by atoms with Gasteiger partial charge in [0.05, 0.1) is 0 Å². The van der Waals surface area contributed by atoms with Crippen LogP contribution in [0, 0.1) is 17.8 Å². The molecule has 1 fully saturated rings. The Bertz CT molecular complexity index is 179. The lowest BCUT2D eigenvalue weighted by molar-refractivity contribution is -0.124. The Labute approximate surface area is 92.4 Å². The molecular weight excluding hydrogens is 194 g/mol. The van der Waals surface area contributed by atoms with Crippen LogP contribution in [0.1, 0.15) is 59.3 Å². The zero-order valence-electron chi connectivity index (χ0n) is 10.2. The fourth-order valence-corrected chi connectivity index (χ4v) is 2.36. The molecule has 90 valence electrons. The fourth-order valence-electron chi connectivity index (χ4n) is 2.36. The molecule has 0 spiro atoms. The van der Waals surface area contributed by atoms with E-state index in [9.17, 15) is 8.78 Å². The monoisotopic (exact) mass is 218 g/mol. The number of hydrogen-bond donors (Lipinski definition) is 0. The summed E-state index contributed by atoms with van der Waals surface area (Å²) in [6, 6.07) is 0. The van der Waals surface area contributed by atoms with Crippen molar-refractivity contribution < 1.29 is 8.78 Å². The third-order valence-electron chi connectivity index (χ3n) is 3.62. The van der Waals surface area contributed by atoms with Crippen LogP contribution < -0.4 is 0 Å². The van der Waals surface area contributed by atoms with Gasteiger partial charge < -0.3 is 0 Å². The molecule has 0 nitrogen and oxygen atoms in total. The quantitative estimate of drug-likeness (QED) is 0.557. The predicted octanol–water partition coefficient (Wildman–Crippen LogP) is 4.88. The van der Waals surface area contributed by atoms with E-state index in [2.05, 4.69) is 20.8 Å². The summed E-state index contributed by atoms with van der Waals surface area (Å²) >= 11 is 0. The van der Waals surface area contributed by atoms with Gasteiger partial charge in [0.2, 0.25) is 5.92 Å². The van der Waals surface area contributed by atoms with E-state index < -0.39 is 5.92 Å². The second-order valence-electron chi connectivity index (χ2n) is 5.68. The summed E-state index contributed by atoms with van der Waals surface area (Å²) in [6.07, 6.45) is 5.14. The van der Waals surface area contributed by atoms with Crippen molar-refractivity contribution in [3.8, 4) is 0 Å². The topological polar surface area (TPSA) is 0 Å². The van der Waals surface area contributed by atoms with Crippen molar-refractivity contribution in [2.24, 2.45) is 17.8 Å². The summed E-state index contributed by atoms with van der Waals surface area (Å²) in [5, 5.41) is 0. The maximum absolute atomic E-state index is 12.6. The van der Waals surface area contributed by atoms with E-state index in [1.165, 1.54) is 19.3 Å². The molecule has 0 heterocycles. The summed E-state index contributed by atoms with van der Waals surface area (Å²) < 4.78 is 25.3. The smallest absolute Gasteiger partial charge is 0.207 e. The summed E-state index contributed by atoms with van der Waals surface area (Å²) in [6.45, 7) is 6.60. The van der Waals surface area contributed by atoms with Crippen molar-refractivity contribution in [1.29, 1.82) is 0 Å². The first-order valence-corrected chi connectivity index (χ1v) is 6.28. The molecule has 0 saturated heterocycles. The third kappa shape index (κ3) is 4.48. The highest BCUT2D eigenvalue weighted by Crippen LogP contribution is 2.47. The predicted molar refractivity (Wildman–Crippen MR) is 60.1 cm³/mol. The van der Waals surface area contributed by atoms with Gasteiger partial charge in [0.1, 0.15) is 0 Å². The lowest BCUT2D eigenvalue weighted by atomic mass is 9.72. The fraction of sp³-hybridized carbons (Fsp3) is 1.00. The second-order valence-corrected chi connectivity index (χ2v) is 5.68. The van der Waals surface area contributed by atoms with Gasteiger partial charge in [-0.2, -0.15) is 0 Å². The largest absolute Gasteiger partial charge is 0.248 e. The van der Waals surface area contributed by atoms with E-state index in [1.54, 1.807) is 0 Å². The molecule has 0 aromatic carbocycles. The Hall–Kier alpha value is -0.140. The Kier molecular flexibility index (Phi) is 4.54. The number of unbranched alkanes of at least 4 members (excludes halogenated alkanes) is 1. The van der Waals surface area contributed by atoms with Gasteiger partial charge in [0, 0.05) is 12.8 Å². The Morgan fingerprint density at radius 3 is 2.07 bits per heavy atom. The standard InChI is InChI=1S/C13H24F2/c1-10(2)6-4-5-7-11(3)12-8-13(14,15)9-12/h10-12H,4-9H2,1-3H3. The van der Waals surface area contributed by atoms with Crippen molar-refractivity contribution >= 4 is 0 Å². The van der Waals surface area contributed by atoms with E-state index in [1.807, 2.05) is 0 Å². The zero-order valence-corrected chi connectivity index (χ0v) is 10.2. The SMILES string of the molecule is CC(C)CCCCC(C)C1CC(F)(F)C1. The maximum Gasteiger partial charge on any atom is 0.248 e. The molecule has 1 aliphatic rings. The van der Waals surface area contributed by atoms with Crippen LogP contribution in [-0.2, 0) is 0 Å². The van der Waals surface area contributed by atoms with Gasteiger partial charge >= 0.3 is 0 Å². The maximum atomic E-state index is 12.6. The first kappa shape index (κ1) is 12.9. The van der Waals surface area contributed by atoms with Crippen molar-refractivity contribution in [2.45, 2.75) is 65.2 Å². The Morgan fingerprint density at radius 1 is 1.07 bits per heavy atom. The van der Waals surface area contributed by atoms with Crippen molar-refractivity contribution in [1.82, 2.24) is 0 Å². The van der Waals surface area contributed by atoms with Gasteiger partial charge in [-0.05, 0) is 17.8 Å². The molecule has 0 aromatic rings. The molecule has 0 aliphatic heterocycles. The van der Waals surface area contributed by atoms with Gasteiger partial charge in [0.15, 0.2) is 0 Å². The molecule has 2 heteroatoms. The number of halogens is 2. The van der Waals surface area contributed by atoms with Gasteiger partial charge in [-0.3, -0.25) is 0 Å². The highest BCUT2D eigenvalue weighted by Gasteiger charge is 2.46. The number of rotatable bonds is 6. The van der Waals surface area contributed by atoms with Gasteiger partial charge in [-0.25, -0.2) is 8.78 Å². The highest BCUT2D eigenvalue weighted by atomic mass is 19.3. The van der Waals surface area contributed by atoms with Crippen LogP contribution in [0.25, 0.3) is 0 Å². The molecule has 1 unspecified atom stereocenters. The summed E-state index contributed by atoms with van der Waals surface area (Å²) in [7, 11) is 0. The van der Waals surface area contributed by atoms with Crippen LogP contribution in [-0.4, -0.2) is 5.92 Å². The second kappa shape index (κ2) is 5.27. The molecule has 15 heavy (non-hydrogen) atoms. The van der Waals surface area contributed by atoms with Crippen molar-refractivity contribution in [2.75, 3.05) is 0 Å². The lowest BCUT2D eigenvalue weighted by Crippen LogP contribution is -2.38. The first-order chi connectivity index (χ1) is 6.91. The van der Waals surface area contributed by atoms with E-state index in [4.69, 9.17) is 0 Å². The molecule has 0 aromatic heterocycles. The van der Waals surface area contributed by atoms with Gasteiger partial charge in [-0.15, -0.1) is 0 Å².